The maximum Gasteiger partial charge on any atom is 0.307 e. The summed E-state index contributed by atoms with van der Waals surface area (Å²) in [5.41, 5.74) is 0. The van der Waals surface area contributed by atoms with E-state index >= 15 is 0 Å². The minimum atomic E-state index is -1.05. The monoisotopic (exact) mass is 206 g/mol. The van der Waals surface area contributed by atoms with E-state index in [9.17, 15) is 9.00 Å². The number of ether oxygens (including phenoxy) is 1. The van der Waals surface area contributed by atoms with Gasteiger partial charge >= 0.3 is 5.97 Å². The predicted octanol–water partition coefficient (Wildman–Crippen LogP) is 0.245. The van der Waals surface area contributed by atoms with Crippen molar-refractivity contribution in [3.05, 3.63) is 0 Å². The molecular formula is C8H14O4S. The van der Waals surface area contributed by atoms with E-state index in [1.807, 2.05) is 0 Å². The molecule has 0 aliphatic carbocycles. The first kappa shape index (κ1) is 10.7. The third-order valence-electron chi connectivity index (χ3n) is 2.10. The van der Waals surface area contributed by atoms with Gasteiger partial charge in [0.25, 0.3) is 0 Å². The van der Waals surface area contributed by atoms with Crippen LogP contribution in [0.15, 0.2) is 0 Å². The van der Waals surface area contributed by atoms with Crippen LogP contribution in [0.3, 0.4) is 0 Å². The first-order valence-electron chi connectivity index (χ1n) is 4.29. The summed E-state index contributed by atoms with van der Waals surface area (Å²) >= 11 is 0. The molecule has 1 heterocycles. The minimum absolute atomic E-state index is 0.0433. The van der Waals surface area contributed by atoms with E-state index < -0.39 is 22.7 Å². The van der Waals surface area contributed by atoms with E-state index in [1.54, 1.807) is 6.92 Å². The van der Waals surface area contributed by atoms with Crippen LogP contribution in [0.1, 0.15) is 13.3 Å². The predicted molar refractivity (Wildman–Crippen MR) is 49.0 cm³/mol. The van der Waals surface area contributed by atoms with Gasteiger partial charge in [-0.15, -0.1) is 0 Å². The number of hydrogen-bond donors (Lipinski definition) is 1. The van der Waals surface area contributed by atoms with Gasteiger partial charge in [-0.25, -0.2) is 0 Å². The molecule has 13 heavy (non-hydrogen) atoms. The van der Waals surface area contributed by atoms with Crippen molar-refractivity contribution in [2.75, 3.05) is 19.0 Å². The molecule has 5 heteroatoms. The van der Waals surface area contributed by atoms with Crippen molar-refractivity contribution >= 4 is 16.8 Å². The number of hydrogen-bond acceptors (Lipinski definition) is 3. The fourth-order valence-corrected chi connectivity index (χ4v) is 2.69. The van der Waals surface area contributed by atoms with E-state index in [0.717, 1.165) is 6.42 Å². The molecule has 3 unspecified atom stereocenters. The van der Waals surface area contributed by atoms with Gasteiger partial charge in [-0.2, -0.15) is 0 Å². The highest BCUT2D eigenvalue weighted by atomic mass is 32.2. The summed E-state index contributed by atoms with van der Waals surface area (Å²) in [6.07, 6.45) is 0.791. The normalized spacial score (nSPS) is 27.0. The van der Waals surface area contributed by atoms with Crippen LogP contribution in [0.2, 0.25) is 0 Å². The quantitative estimate of drug-likeness (QED) is 0.716. The van der Waals surface area contributed by atoms with Gasteiger partial charge in [0.15, 0.2) is 0 Å². The number of carbonyl (C=O) groups is 1. The Hall–Kier alpha value is -0.420. The maximum atomic E-state index is 11.5. The third kappa shape index (κ3) is 3.08. The smallest absolute Gasteiger partial charge is 0.307 e. The Balaban J connectivity index is 2.35. The van der Waals surface area contributed by atoms with Crippen molar-refractivity contribution in [2.45, 2.75) is 18.6 Å². The molecule has 0 aromatic heterocycles. The van der Waals surface area contributed by atoms with Gasteiger partial charge in [-0.05, 0) is 6.42 Å². The Kier molecular flexibility index (Phi) is 3.87. The molecule has 1 aliphatic rings. The van der Waals surface area contributed by atoms with Crippen molar-refractivity contribution in [3.8, 4) is 0 Å². The Morgan fingerprint density at radius 2 is 2.46 bits per heavy atom. The molecule has 4 nitrogen and oxygen atoms in total. The average Bonchev–Trinajstić information content (AvgIpc) is 2.55. The molecule has 1 fully saturated rings. The summed E-state index contributed by atoms with van der Waals surface area (Å²) in [6, 6.07) is 0. The van der Waals surface area contributed by atoms with E-state index in [-0.39, 0.29) is 11.0 Å². The summed E-state index contributed by atoms with van der Waals surface area (Å²) in [5.74, 6) is -1.17. The number of aliphatic carboxylic acids is 1. The highest BCUT2D eigenvalue weighted by Crippen LogP contribution is 2.13. The molecule has 1 N–H and O–H groups in total. The van der Waals surface area contributed by atoms with E-state index in [4.69, 9.17) is 9.84 Å². The molecule has 76 valence electrons. The van der Waals surface area contributed by atoms with Crippen molar-refractivity contribution in [2.24, 2.45) is 5.92 Å². The van der Waals surface area contributed by atoms with Gasteiger partial charge in [0.05, 0.1) is 17.8 Å². The van der Waals surface area contributed by atoms with Crippen molar-refractivity contribution in [1.82, 2.24) is 0 Å². The van der Waals surface area contributed by atoms with E-state index in [1.165, 1.54) is 0 Å². The number of carboxylic acid groups (broad SMARTS) is 1. The van der Waals surface area contributed by atoms with Crippen LogP contribution in [0.4, 0.5) is 0 Å². The second-order valence-corrected chi connectivity index (χ2v) is 5.03. The summed E-state index contributed by atoms with van der Waals surface area (Å²) in [7, 11) is -1.05. The number of carboxylic acids is 1. The molecule has 0 spiro atoms. The van der Waals surface area contributed by atoms with Crippen LogP contribution >= 0.6 is 0 Å². The highest BCUT2D eigenvalue weighted by Gasteiger charge is 2.25. The molecule has 0 aromatic carbocycles. The second kappa shape index (κ2) is 4.72. The maximum absolute atomic E-state index is 11.5. The van der Waals surface area contributed by atoms with Crippen LogP contribution < -0.4 is 0 Å². The van der Waals surface area contributed by atoms with Gasteiger partial charge < -0.3 is 9.84 Å². The van der Waals surface area contributed by atoms with Crippen LogP contribution in [0.5, 0.6) is 0 Å². The molecule has 3 atom stereocenters. The lowest BCUT2D eigenvalue weighted by atomic mass is 10.2. The molecule has 0 aromatic rings. The summed E-state index contributed by atoms with van der Waals surface area (Å²) in [4.78, 5) is 10.5. The lowest BCUT2D eigenvalue weighted by Gasteiger charge is -2.09. The lowest BCUT2D eigenvalue weighted by molar-refractivity contribution is -0.140. The van der Waals surface area contributed by atoms with E-state index in [0.29, 0.717) is 13.2 Å². The average molecular weight is 206 g/mol. The molecule has 1 saturated heterocycles. The molecule has 0 amide bonds. The molecule has 0 bridgehead atoms. The van der Waals surface area contributed by atoms with Gasteiger partial charge in [-0.1, -0.05) is 6.92 Å². The molecular weight excluding hydrogens is 192 g/mol. The molecule has 0 radical (unpaired) electrons. The second-order valence-electron chi connectivity index (χ2n) is 3.27. The Bertz CT molecular complexity index is 210. The summed E-state index contributed by atoms with van der Waals surface area (Å²) < 4.78 is 16.6. The van der Waals surface area contributed by atoms with Crippen LogP contribution in [0.25, 0.3) is 0 Å². The first-order chi connectivity index (χ1) is 6.11. The van der Waals surface area contributed by atoms with Crippen molar-refractivity contribution in [3.63, 3.8) is 0 Å². The van der Waals surface area contributed by atoms with Gasteiger partial charge in [0.2, 0.25) is 0 Å². The number of rotatable bonds is 4. The zero-order valence-electron chi connectivity index (χ0n) is 7.56. The van der Waals surface area contributed by atoms with Crippen molar-refractivity contribution < 1.29 is 18.8 Å². The largest absolute Gasteiger partial charge is 0.481 e. The molecule has 0 saturated carbocycles. The lowest BCUT2D eigenvalue weighted by Crippen LogP contribution is -2.24. The van der Waals surface area contributed by atoms with Crippen LogP contribution in [-0.2, 0) is 20.3 Å². The first-order valence-corrected chi connectivity index (χ1v) is 5.67. The van der Waals surface area contributed by atoms with Crippen molar-refractivity contribution in [1.29, 1.82) is 0 Å². The van der Waals surface area contributed by atoms with Gasteiger partial charge in [0, 0.05) is 23.2 Å². The Labute approximate surface area is 79.7 Å². The molecule has 1 aliphatic heterocycles. The minimum Gasteiger partial charge on any atom is -0.481 e. The van der Waals surface area contributed by atoms with Gasteiger partial charge in [0.1, 0.15) is 0 Å². The Morgan fingerprint density at radius 3 is 2.92 bits per heavy atom. The fourth-order valence-electron chi connectivity index (χ4n) is 1.17. The van der Waals surface area contributed by atoms with Crippen LogP contribution in [0, 0.1) is 5.92 Å². The topological polar surface area (TPSA) is 63.6 Å². The zero-order chi connectivity index (χ0) is 9.84. The fraction of sp³-hybridized carbons (Fsp3) is 0.875. The van der Waals surface area contributed by atoms with Gasteiger partial charge in [-0.3, -0.25) is 9.00 Å². The Morgan fingerprint density at radius 1 is 1.77 bits per heavy atom. The molecule has 1 rings (SSSR count). The standard InChI is InChI=1S/C8H14O4S/c1-6(8(9)10)5-13(11)7-2-3-12-4-7/h6-7H,2-5H2,1H3,(H,9,10). The third-order valence-corrected chi connectivity index (χ3v) is 4.04. The summed E-state index contributed by atoms with van der Waals surface area (Å²) in [5, 5.41) is 8.65. The SMILES string of the molecule is CC(CS(=O)C1CCOC1)C(=O)O. The van der Waals surface area contributed by atoms with Crippen LogP contribution in [-0.4, -0.2) is 39.5 Å². The zero-order valence-corrected chi connectivity index (χ0v) is 8.38. The van der Waals surface area contributed by atoms with E-state index in [2.05, 4.69) is 0 Å². The highest BCUT2D eigenvalue weighted by molar-refractivity contribution is 7.85. The summed E-state index contributed by atoms with van der Waals surface area (Å²) in [6.45, 7) is 2.74.